The minimum atomic E-state index is -2.78. The van der Waals surface area contributed by atoms with Crippen LogP contribution in [0.1, 0.15) is 30.7 Å². The van der Waals surface area contributed by atoms with E-state index in [0.717, 1.165) is 32.5 Å². The molecule has 2 saturated heterocycles. The number of piperidine rings is 1. The molecule has 0 atom stereocenters. The topological polar surface area (TPSA) is 84.2 Å². The third-order valence-electron chi connectivity index (χ3n) is 7.06. The maximum absolute atomic E-state index is 14.1. The summed E-state index contributed by atoms with van der Waals surface area (Å²) < 4.78 is 35.0. The lowest BCUT2D eigenvalue weighted by Gasteiger charge is -2.32. The molecule has 9 nitrogen and oxygen atoms in total. The van der Waals surface area contributed by atoms with Crippen molar-refractivity contribution in [1.29, 1.82) is 0 Å². The van der Waals surface area contributed by atoms with Crippen molar-refractivity contribution in [2.75, 3.05) is 49.6 Å². The lowest BCUT2D eigenvalue weighted by atomic mass is 10.0. The van der Waals surface area contributed by atoms with Gasteiger partial charge in [-0.15, -0.1) is 0 Å². The van der Waals surface area contributed by atoms with E-state index in [9.17, 15) is 8.78 Å². The normalized spacial score (nSPS) is 17.4. The molecular weight excluding hydrogens is 490 g/mol. The van der Waals surface area contributed by atoms with Crippen LogP contribution in [0.2, 0.25) is 0 Å². The largest absolute Gasteiger partial charge is 0.378 e. The van der Waals surface area contributed by atoms with Crippen LogP contribution in [0.4, 0.5) is 20.7 Å². The SMILES string of the molecule is FC(F)c1nc2ccccc2n1-c1nc(NC2CCN(Cc3ccccc3)CC2)nc(N2CCOCC2)n1. The number of imidazole rings is 1. The van der Waals surface area contributed by atoms with E-state index in [2.05, 4.69) is 49.4 Å². The Labute approximate surface area is 219 Å². The van der Waals surface area contributed by atoms with Gasteiger partial charge in [0.2, 0.25) is 17.8 Å². The quantitative estimate of drug-likeness (QED) is 0.391. The van der Waals surface area contributed by atoms with E-state index < -0.39 is 6.43 Å². The van der Waals surface area contributed by atoms with Crippen LogP contribution in [0.3, 0.4) is 0 Å². The molecule has 2 fully saturated rings. The van der Waals surface area contributed by atoms with E-state index in [1.54, 1.807) is 24.3 Å². The number of halogens is 2. The Bertz CT molecular complexity index is 1370. The highest BCUT2D eigenvalue weighted by Gasteiger charge is 2.26. The number of morpholine rings is 1. The van der Waals surface area contributed by atoms with Crippen molar-refractivity contribution >= 4 is 22.9 Å². The average molecular weight is 521 g/mol. The Kier molecular flexibility index (Phi) is 7.10. The zero-order valence-electron chi connectivity index (χ0n) is 21.0. The number of benzene rings is 2. The molecule has 0 bridgehead atoms. The molecule has 2 aliphatic heterocycles. The number of alkyl halides is 2. The Morgan fingerprint density at radius 2 is 1.55 bits per heavy atom. The van der Waals surface area contributed by atoms with Gasteiger partial charge in [0.15, 0.2) is 5.82 Å². The molecule has 4 aromatic rings. The zero-order chi connectivity index (χ0) is 25.9. The molecule has 6 rings (SSSR count). The van der Waals surface area contributed by atoms with E-state index in [1.807, 2.05) is 11.0 Å². The maximum atomic E-state index is 14.1. The molecule has 2 aliphatic rings. The number of fused-ring (bicyclic) bond motifs is 1. The van der Waals surface area contributed by atoms with Crippen molar-refractivity contribution in [3.8, 4) is 5.95 Å². The number of aromatic nitrogens is 5. The molecule has 0 unspecified atom stereocenters. The zero-order valence-corrected chi connectivity index (χ0v) is 21.0. The van der Waals surface area contributed by atoms with Gasteiger partial charge in [0.1, 0.15) is 0 Å². The first-order valence-electron chi connectivity index (χ1n) is 13.0. The van der Waals surface area contributed by atoms with Crippen molar-refractivity contribution in [3.05, 3.63) is 66.0 Å². The molecule has 0 spiro atoms. The molecule has 1 N–H and O–H groups in total. The summed E-state index contributed by atoms with van der Waals surface area (Å²) in [6.07, 6.45) is -0.926. The summed E-state index contributed by atoms with van der Waals surface area (Å²) in [6.45, 7) is 5.17. The number of hydrogen-bond donors (Lipinski definition) is 1. The van der Waals surface area contributed by atoms with Gasteiger partial charge in [-0.2, -0.15) is 15.0 Å². The molecule has 198 valence electrons. The Morgan fingerprint density at radius 3 is 2.32 bits per heavy atom. The van der Waals surface area contributed by atoms with Gasteiger partial charge in [-0.1, -0.05) is 42.5 Å². The summed E-state index contributed by atoms with van der Waals surface area (Å²) in [6, 6.07) is 17.7. The summed E-state index contributed by atoms with van der Waals surface area (Å²) in [4.78, 5) is 22.6. The Balaban J connectivity index is 1.28. The molecule has 11 heteroatoms. The molecule has 0 amide bonds. The summed E-state index contributed by atoms with van der Waals surface area (Å²) >= 11 is 0. The van der Waals surface area contributed by atoms with Gasteiger partial charge in [0.05, 0.1) is 24.2 Å². The molecule has 2 aromatic carbocycles. The second kappa shape index (κ2) is 11.0. The summed E-state index contributed by atoms with van der Waals surface area (Å²) in [5.74, 6) is 0.580. The van der Waals surface area contributed by atoms with Gasteiger partial charge in [-0.25, -0.2) is 13.8 Å². The highest BCUT2D eigenvalue weighted by molar-refractivity contribution is 5.77. The third kappa shape index (κ3) is 5.30. The third-order valence-corrected chi connectivity index (χ3v) is 7.06. The predicted molar refractivity (Wildman–Crippen MR) is 141 cm³/mol. The second-order valence-electron chi connectivity index (χ2n) is 9.63. The van der Waals surface area contributed by atoms with Crippen LogP contribution in [0, 0.1) is 0 Å². The van der Waals surface area contributed by atoms with Crippen molar-refractivity contribution in [3.63, 3.8) is 0 Å². The van der Waals surface area contributed by atoms with Crippen LogP contribution < -0.4 is 10.2 Å². The number of para-hydroxylation sites is 2. The molecule has 2 aromatic heterocycles. The molecule has 38 heavy (non-hydrogen) atoms. The minimum absolute atomic E-state index is 0.134. The molecule has 0 aliphatic carbocycles. The van der Waals surface area contributed by atoms with E-state index in [4.69, 9.17) is 9.72 Å². The lowest BCUT2D eigenvalue weighted by Crippen LogP contribution is -2.40. The van der Waals surface area contributed by atoms with Crippen LogP contribution in [0.5, 0.6) is 0 Å². The summed E-state index contributed by atoms with van der Waals surface area (Å²) in [5, 5.41) is 3.48. The van der Waals surface area contributed by atoms with Crippen LogP contribution in [0.25, 0.3) is 17.0 Å². The monoisotopic (exact) mass is 520 g/mol. The van der Waals surface area contributed by atoms with Gasteiger partial charge in [-0.3, -0.25) is 9.47 Å². The van der Waals surface area contributed by atoms with Gasteiger partial charge in [0.25, 0.3) is 6.43 Å². The summed E-state index contributed by atoms with van der Waals surface area (Å²) in [5.41, 5.74) is 2.30. The predicted octanol–water partition coefficient (Wildman–Crippen LogP) is 4.06. The second-order valence-corrected chi connectivity index (χ2v) is 9.63. The molecule has 0 saturated carbocycles. The van der Waals surface area contributed by atoms with Crippen molar-refractivity contribution in [2.24, 2.45) is 0 Å². The fourth-order valence-corrected chi connectivity index (χ4v) is 5.08. The van der Waals surface area contributed by atoms with Crippen LogP contribution in [-0.2, 0) is 11.3 Å². The average Bonchev–Trinajstić information content (AvgIpc) is 3.35. The van der Waals surface area contributed by atoms with E-state index in [1.165, 1.54) is 10.1 Å². The number of nitrogens with zero attached hydrogens (tertiary/aromatic N) is 7. The minimum Gasteiger partial charge on any atom is -0.378 e. The van der Waals surface area contributed by atoms with Crippen molar-refractivity contribution in [1.82, 2.24) is 29.4 Å². The number of anilines is 2. The maximum Gasteiger partial charge on any atom is 0.296 e. The fraction of sp³-hybridized carbons (Fsp3) is 0.407. The number of ether oxygens (including phenoxy) is 1. The molecule has 0 radical (unpaired) electrons. The van der Waals surface area contributed by atoms with Crippen molar-refractivity contribution in [2.45, 2.75) is 31.9 Å². The number of rotatable bonds is 7. The molecular formula is C27H30F2N8O. The van der Waals surface area contributed by atoms with Crippen LogP contribution >= 0.6 is 0 Å². The van der Waals surface area contributed by atoms with E-state index in [0.29, 0.717) is 49.2 Å². The van der Waals surface area contributed by atoms with Gasteiger partial charge < -0.3 is 15.0 Å². The number of nitrogens with one attached hydrogen (secondary N) is 1. The number of likely N-dealkylation sites (tertiary alicyclic amines) is 1. The van der Waals surface area contributed by atoms with E-state index in [-0.39, 0.29) is 17.8 Å². The van der Waals surface area contributed by atoms with Gasteiger partial charge >= 0.3 is 0 Å². The Morgan fingerprint density at radius 1 is 0.842 bits per heavy atom. The first-order chi connectivity index (χ1) is 18.6. The number of hydrogen-bond acceptors (Lipinski definition) is 8. The smallest absolute Gasteiger partial charge is 0.296 e. The standard InChI is InChI=1S/C27H30F2N8O/c28-23(29)24-31-21-8-4-5-9-22(21)37(24)27-33-25(32-26(34-27)36-14-16-38-17-15-36)30-20-10-12-35(13-11-20)18-19-6-2-1-3-7-19/h1-9,20,23H,10-18H2,(H,30,32,33,34). The summed E-state index contributed by atoms with van der Waals surface area (Å²) in [7, 11) is 0. The van der Waals surface area contributed by atoms with Gasteiger partial charge in [-0.05, 0) is 30.5 Å². The van der Waals surface area contributed by atoms with E-state index >= 15 is 0 Å². The first kappa shape index (κ1) is 24.6. The Hall–Kier alpha value is -3.70. The van der Waals surface area contributed by atoms with Crippen LogP contribution in [0.15, 0.2) is 54.6 Å². The lowest BCUT2D eigenvalue weighted by molar-refractivity contribution is 0.122. The van der Waals surface area contributed by atoms with Gasteiger partial charge in [0, 0.05) is 38.8 Å². The van der Waals surface area contributed by atoms with Crippen molar-refractivity contribution < 1.29 is 13.5 Å². The highest BCUT2D eigenvalue weighted by Crippen LogP contribution is 2.28. The highest BCUT2D eigenvalue weighted by atomic mass is 19.3. The molecule has 4 heterocycles. The fourth-order valence-electron chi connectivity index (χ4n) is 5.08. The van der Waals surface area contributed by atoms with Crippen LogP contribution in [-0.4, -0.2) is 74.8 Å². The first-order valence-corrected chi connectivity index (χ1v) is 13.0.